The van der Waals surface area contributed by atoms with E-state index in [2.05, 4.69) is 33.4 Å². The van der Waals surface area contributed by atoms with Crippen LogP contribution in [0, 0.1) is 5.82 Å². The first kappa shape index (κ1) is 20.9. The van der Waals surface area contributed by atoms with E-state index >= 15 is 0 Å². The third kappa shape index (κ3) is 6.08. The Morgan fingerprint density at radius 1 is 1.11 bits per heavy atom. The van der Waals surface area contributed by atoms with Gasteiger partial charge in [0.1, 0.15) is 12.4 Å². The molecule has 150 valence electrons. The van der Waals surface area contributed by atoms with Crippen molar-refractivity contribution in [3.8, 4) is 11.5 Å². The van der Waals surface area contributed by atoms with Crippen LogP contribution in [0.15, 0.2) is 52.5 Å². The van der Waals surface area contributed by atoms with E-state index in [0.29, 0.717) is 18.1 Å². The lowest BCUT2D eigenvalue weighted by Gasteiger charge is -2.16. The summed E-state index contributed by atoms with van der Waals surface area (Å²) in [6, 6.07) is 10.4. The molecular formula is C23H27BrFNO2. The largest absolute Gasteiger partial charge is 0.493 e. The molecule has 0 spiro atoms. The monoisotopic (exact) mass is 447 g/mol. The Bertz CT molecular complexity index is 805. The molecule has 2 aromatic rings. The van der Waals surface area contributed by atoms with E-state index in [1.54, 1.807) is 24.8 Å². The maximum atomic E-state index is 13.0. The second kappa shape index (κ2) is 10.6. The van der Waals surface area contributed by atoms with E-state index in [4.69, 9.17) is 9.47 Å². The van der Waals surface area contributed by atoms with E-state index in [0.717, 1.165) is 35.1 Å². The number of ether oxygens (including phenoxy) is 2. The molecule has 0 aromatic heterocycles. The maximum Gasteiger partial charge on any atom is 0.175 e. The highest BCUT2D eigenvalue weighted by atomic mass is 79.9. The van der Waals surface area contributed by atoms with Crippen LogP contribution in [0.5, 0.6) is 11.5 Å². The molecule has 1 N–H and O–H groups in total. The zero-order valence-electron chi connectivity index (χ0n) is 16.3. The van der Waals surface area contributed by atoms with Crippen molar-refractivity contribution in [2.45, 2.75) is 45.3 Å². The molecule has 3 rings (SSSR count). The van der Waals surface area contributed by atoms with Crippen molar-refractivity contribution in [3.63, 3.8) is 0 Å². The van der Waals surface area contributed by atoms with Crippen LogP contribution >= 0.6 is 15.9 Å². The molecule has 0 radical (unpaired) electrons. The number of methoxy groups -OCH3 is 1. The fraction of sp³-hybridized carbons (Fsp3) is 0.391. The molecule has 5 heteroatoms. The van der Waals surface area contributed by atoms with Crippen molar-refractivity contribution in [1.82, 2.24) is 5.32 Å². The van der Waals surface area contributed by atoms with Gasteiger partial charge in [0.15, 0.2) is 11.5 Å². The predicted octanol–water partition coefficient (Wildman–Crippen LogP) is 6.16. The van der Waals surface area contributed by atoms with Gasteiger partial charge in [-0.25, -0.2) is 4.39 Å². The SMILES string of the molecule is COc1cc(CNCCC2=CCCCC2)cc(Br)c1OCc1ccc(F)cc1. The normalized spacial score (nSPS) is 13.9. The van der Waals surface area contributed by atoms with Crippen molar-refractivity contribution < 1.29 is 13.9 Å². The zero-order chi connectivity index (χ0) is 19.8. The van der Waals surface area contributed by atoms with Crippen molar-refractivity contribution in [2.24, 2.45) is 0 Å². The third-order valence-corrected chi connectivity index (χ3v) is 5.51. The minimum absolute atomic E-state index is 0.251. The summed E-state index contributed by atoms with van der Waals surface area (Å²) < 4.78 is 25.3. The molecule has 28 heavy (non-hydrogen) atoms. The average Bonchev–Trinajstić information content (AvgIpc) is 2.72. The van der Waals surface area contributed by atoms with Crippen LogP contribution in [-0.2, 0) is 13.2 Å². The lowest BCUT2D eigenvalue weighted by molar-refractivity contribution is 0.282. The first-order valence-corrected chi connectivity index (χ1v) is 10.6. The number of nitrogens with one attached hydrogen (secondary N) is 1. The molecule has 0 fully saturated rings. The quantitative estimate of drug-likeness (QED) is 0.368. The Labute approximate surface area is 175 Å². The molecule has 1 aliphatic carbocycles. The lowest BCUT2D eigenvalue weighted by Crippen LogP contribution is -2.16. The van der Waals surface area contributed by atoms with Crippen molar-refractivity contribution in [2.75, 3.05) is 13.7 Å². The molecule has 0 saturated heterocycles. The number of hydrogen-bond acceptors (Lipinski definition) is 3. The molecule has 0 bridgehead atoms. The van der Waals surface area contributed by atoms with Crippen LogP contribution in [0.1, 0.15) is 43.2 Å². The highest BCUT2D eigenvalue weighted by Gasteiger charge is 2.12. The van der Waals surface area contributed by atoms with Crippen LogP contribution in [0.25, 0.3) is 0 Å². The molecule has 0 atom stereocenters. The molecule has 0 unspecified atom stereocenters. The van der Waals surface area contributed by atoms with Crippen LogP contribution in [0.3, 0.4) is 0 Å². The summed E-state index contributed by atoms with van der Waals surface area (Å²) in [6.07, 6.45) is 8.67. The van der Waals surface area contributed by atoms with Gasteiger partial charge in [-0.2, -0.15) is 0 Å². The molecular weight excluding hydrogens is 421 g/mol. The molecule has 2 aromatic carbocycles. The number of halogens is 2. The zero-order valence-corrected chi connectivity index (χ0v) is 17.9. The number of allylic oxidation sites excluding steroid dienone is 1. The lowest BCUT2D eigenvalue weighted by atomic mass is 9.97. The van der Waals surface area contributed by atoms with E-state index in [1.165, 1.54) is 37.8 Å². The third-order valence-electron chi connectivity index (χ3n) is 4.92. The van der Waals surface area contributed by atoms with E-state index < -0.39 is 0 Å². The van der Waals surface area contributed by atoms with E-state index in [9.17, 15) is 4.39 Å². The van der Waals surface area contributed by atoms with Gasteiger partial charge in [0, 0.05) is 6.54 Å². The van der Waals surface area contributed by atoms with Gasteiger partial charge in [0.05, 0.1) is 11.6 Å². The van der Waals surface area contributed by atoms with Gasteiger partial charge in [0.2, 0.25) is 0 Å². The minimum atomic E-state index is -0.251. The van der Waals surface area contributed by atoms with Crippen LogP contribution in [0.2, 0.25) is 0 Å². The van der Waals surface area contributed by atoms with Gasteiger partial charge in [0.25, 0.3) is 0 Å². The van der Waals surface area contributed by atoms with Gasteiger partial charge in [-0.05, 0) is 90.0 Å². The van der Waals surface area contributed by atoms with Gasteiger partial charge < -0.3 is 14.8 Å². The Morgan fingerprint density at radius 3 is 2.64 bits per heavy atom. The van der Waals surface area contributed by atoms with E-state index in [-0.39, 0.29) is 5.82 Å². The Morgan fingerprint density at radius 2 is 1.93 bits per heavy atom. The topological polar surface area (TPSA) is 30.5 Å². The highest BCUT2D eigenvalue weighted by molar-refractivity contribution is 9.10. The summed E-state index contributed by atoms with van der Waals surface area (Å²) in [4.78, 5) is 0. The van der Waals surface area contributed by atoms with Crippen LogP contribution in [-0.4, -0.2) is 13.7 Å². The Balaban J connectivity index is 1.55. The van der Waals surface area contributed by atoms with Crippen LogP contribution < -0.4 is 14.8 Å². The summed E-state index contributed by atoms with van der Waals surface area (Å²) in [5, 5.41) is 3.52. The van der Waals surface area contributed by atoms with Gasteiger partial charge in [-0.1, -0.05) is 23.8 Å². The molecule has 0 heterocycles. The second-order valence-electron chi connectivity index (χ2n) is 7.06. The van der Waals surface area contributed by atoms with Gasteiger partial charge in [-0.15, -0.1) is 0 Å². The smallest absolute Gasteiger partial charge is 0.175 e. The summed E-state index contributed by atoms with van der Waals surface area (Å²) in [6.45, 7) is 2.11. The average molecular weight is 448 g/mol. The predicted molar refractivity (Wildman–Crippen MR) is 114 cm³/mol. The number of hydrogen-bond donors (Lipinski definition) is 1. The molecule has 0 amide bonds. The summed E-state index contributed by atoms with van der Waals surface area (Å²) in [5.74, 6) is 1.09. The summed E-state index contributed by atoms with van der Waals surface area (Å²) in [5.41, 5.74) is 3.62. The fourth-order valence-electron chi connectivity index (χ4n) is 3.36. The van der Waals surface area contributed by atoms with Crippen LogP contribution in [0.4, 0.5) is 4.39 Å². The standard InChI is InChI=1S/C23H27BrFNO2/c1-27-22-14-19(15-26-12-11-17-5-3-2-4-6-17)13-21(24)23(22)28-16-18-7-9-20(25)10-8-18/h5,7-10,13-14,26H,2-4,6,11-12,15-16H2,1H3. The van der Waals surface area contributed by atoms with Crippen molar-refractivity contribution in [3.05, 3.63) is 69.5 Å². The Hall–Kier alpha value is -1.85. The molecule has 0 aliphatic heterocycles. The second-order valence-corrected chi connectivity index (χ2v) is 7.91. The fourth-order valence-corrected chi connectivity index (χ4v) is 3.97. The summed E-state index contributed by atoms with van der Waals surface area (Å²) in [7, 11) is 1.64. The number of benzene rings is 2. The summed E-state index contributed by atoms with van der Waals surface area (Å²) >= 11 is 3.59. The first-order valence-electron chi connectivity index (χ1n) is 9.78. The molecule has 1 aliphatic rings. The molecule has 3 nitrogen and oxygen atoms in total. The molecule has 0 saturated carbocycles. The van der Waals surface area contributed by atoms with Gasteiger partial charge >= 0.3 is 0 Å². The van der Waals surface area contributed by atoms with Gasteiger partial charge in [-0.3, -0.25) is 0 Å². The number of rotatable bonds is 9. The highest BCUT2D eigenvalue weighted by Crippen LogP contribution is 2.37. The minimum Gasteiger partial charge on any atom is -0.493 e. The van der Waals surface area contributed by atoms with E-state index in [1.807, 2.05) is 6.07 Å². The Kier molecular flexibility index (Phi) is 7.92. The first-order chi connectivity index (χ1) is 13.7. The maximum absolute atomic E-state index is 13.0. The van der Waals surface area contributed by atoms with Crippen molar-refractivity contribution >= 4 is 15.9 Å². The van der Waals surface area contributed by atoms with Crippen molar-refractivity contribution in [1.29, 1.82) is 0 Å².